The number of benzene rings is 2. The van der Waals surface area contributed by atoms with E-state index in [0.29, 0.717) is 6.54 Å². The molecule has 2 nitrogen and oxygen atoms in total. The summed E-state index contributed by atoms with van der Waals surface area (Å²) in [6, 6.07) is 18.9. The summed E-state index contributed by atoms with van der Waals surface area (Å²) in [5.41, 5.74) is 9.16. The van der Waals surface area contributed by atoms with Crippen LogP contribution in [0, 0.1) is 0 Å². The first-order valence-electron chi connectivity index (χ1n) is 5.74. The number of aromatic nitrogens is 1. The van der Waals surface area contributed by atoms with E-state index in [0.717, 1.165) is 5.56 Å². The second-order valence-electron chi connectivity index (χ2n) is 4.12. The topological polar surface area (TPSA) is 30.9 Å². The first kappa shape index (κ1) is 10.1. The molecule has 0 saturated heterocycles. The highest BCUT2D eigenvalue weighted by molar-refractivity contribution is 5.81. The Morgan fingerprint density at radius 2 is 1.65 bits per heavy atom. The molecule has 2 N–H and O–H groups in total. The van der Waals surface area contributed by atoms with E-state index in [2.05, 4.69) is 65.4 Å². The zero-order chi connectivity index (χ0) is 11.7. The lowest BCUT2D eigenvalue weighted by Crippen LogP contribution is -1.97. The summed E-state index contributed by atoms with van der Waals surface area (Å²) < 4.78 is 2.19. The Balaban J connectivity index is 2.13. The van der Waals surface area contributed by atoms with E-state index in [4.69, 9.17) is 5.73 Å². The Morgan fingerprint density at radius 1 is 0.882 bits per heavy atom. The van der Waals surface area contributed by atoms with Crippen LogP contribution in [0.15, 0.2) is 60.8 Å². The minimum Gasteiger partial charge on any atom is -0.326 e. The highest BCUT2D eigenvalue weighted by atomic mass is 15.0. The van der Waals surface area contributed by atoms with E-state index in [-0.39, 0.29) is 0 Å². The molecule has 0 fully saturated rings. The molecule has 0 radical (unpaired) electrons. The van der Waals surface area contributed by atoms with Crippen molar-refractivity contribution in [1.82, 2.24) is 4.57 Å². The maximum atomic E-state index is 5.60. The summed E-state index contributed by atoms with van der Waals surface area (Å²) in [7, 11) is 0. The Labute approximate surface area is 100 Å². The van der Waals surface area contributed by atoms with Crippen LogP contribution < -0.4 is 5.73 Å². The summed E-state index contributed by atoms with van der Waals surface area (Å²) in [6.07, 6.45) is 2.10. The third-order valence-corrected chi connectivity index (χ3v) is 3.05. The molecule has 0 bridgehead atoms. The molecular formula is C15H14N2. The van der Waals surface area contributed by atoms with Gasteiger partial charge in [-0.2, -0.15) is 0 Å². The Morgan fingerprint density at radius 3 is 2.41 bits per heavy atom. The van der Waals surface area contributed by atoms with Gasteiger partial charge in [-0.25, -0.2) is 0 Å². The Hall–Kier alpha value is -2.06. The highest BCUT2D eigenvalue weighted by Crippen LogP contribution is 2.20. The molecule has 0 spiro atoms. The van der Waals surface area contributed by atoms with Crippen LogP contribution in [-0.4, -0.2) is 4.57 Å². The largest absolute Gasteiger partial charge is 0.326 e. The van der Waals surface area contributed by atoms with Crippen LogP contribution in [0.1, 0.15) is 5.56 Å². The third kappa shape index (κ3) is 1.73. The van der Waals surface area contributed by atoms with Crippen LogP contribution in [0.4, 0.5) is 0 Å². The van der Waals surface area contributed by atoms with Crippen molar-refractivity contribution in [3.8, 4) is 5.69 Å². The molecule has 0 aliphatic heterocycles. The van der Waals surface area contributed by atoms with E-state index in [9.17, 15) is 0 Å². The van der Waals surface area contributed by atoms with Crippen molar-refractivity contribution < 1.29 is 0 Å². The van der Waals surface area contributed by atoms with Crippen LogP contribution in [0.25, 0.3) is 16.6 Å². The molecule has 0 unspecified atom stereocenters. The fourth-order valence-corrected chi connectivity index (χ4v) is 2.10. The first-order valence-corrected chi connectivity index (χ1v) is 5.74. The maximum absolute atomic E-state index is 5.60. The highest BCUT2D eigenvalue weighted by Gasteiger charge is 2.01. The van der Waals surface area contributed by atoms with Gasteiger partial charge in [-0.05, 0) is 35.2 Å². The zero-order valence-corrected chi connectivity index (χ0v) is 9.51. The van der Waals surface area contributed by atoms with E-state index in [1.807, 2.05) is 0 Å². The lowest BCUT2D eigenvalue weighted by molar-refractivity contribution is 1.06. The maximum Gasteiger partial charge on any atom is 0.0528 e. The van der Waals surface area contributed by atoms with Gasteiger partial charge in [0.1, 0.15) is 0 Å². The molecular weight excluding hydrogens is 208 g/mol. The van der Waals surface area contributed by atoms with E-state index in [1.54, 1.807) is 0 Å². The molecule has 1 aromatic heterocycles. The van der Waals surface area contributed by atoms with Crippen molar-refractivity contribution in [1.29, 1.82) is 0 Å². The van der Waals surface area contributed by atoms with Gasteiger partial charge in [0.25, 0.3) is 0 Å². The predicted molar refractivity (Wildman–Crippen MR) is 71.2 cm³/mol. The number of hydrogen-bond donors (Lipinski definition) is 1. The summed E-state index contributed by atoms with van der Waals surface area (Å²) >= 11 is 0. The van der Waals surface area contributed by atoms with Crippen LogP contribution in [0.3, 0.4) is 0 Å². The van der Waals surface area contributed by atoms with E-state index >= 15 is 0 Å². The van der Waals surface area contributed by atoms with Gasteiger partial charge in [0.15, 0.2) is 0 Å². The van der Waals surface area contributed by atoms with Crippen LogP contribution >= 0.6 is 0 Å². The molecule has 0 amide bonds. The van der Waals surface area contributed by atoms with Crippen molar-refractivity contribution in [3.05, 3.63) is 66.4 Å². The molecule has 0 atom stereocenters. The van der Waals surface area contributed by atoms with E-state index in [1.165, 1.54) is 16.6 Å². The van der Waals surface area contributed by atoms with Crippen LogP contribution in [0.5, 0.6) is 0 Å². The average Bonchev–Trinajstić information content (AvgIpc) is 2.83. The predicted octanol–water partition coefficient (Wildman–Crippen LogP) is 3.09. The number of nitrogens with two attached hydrogens (primary N) is 1. The van der Waals surface area contributed by atoms with Gasteiger partial charge in [0.2, 0.25) is 0 Å². The summed E-state index contributed by atoms with van der Waals surface area (Å²) in [4.78, 5) is 0. The lowest BCUT2D eigenvalue weighted by atomic mass is 10.2. The van der Waals surface area contributed by atoms with Crippen LogP contribution in [0.2, 0.25) is 0 Å². The molecule has 2 aromatic carbocycles. The summed E-state index contributed by atoms with van der Waals surface area (Å²) in [5.74, 6) is 0. The number of para-hydroxylation sites is 1. The minimum atomic E-state index is 0.590. The van der Waals surface area contributed by atoms with Gasteiger partial charge in [-0.15, -0.1) is 0 Å². The molecule has 17 heavy (non-hydrogen) atoms. The Kier molecular flexibility index (Phi) is 2.42. The molecule has 3 rings (SSSR count). The number of fused-ring (bicyclic) bond motifs is 1. The average molecular weight is 222 g/mol. The standard InChI is InChI=1S/C15H14N2/c16-11-12-5-7-14(8-6-12)17-10-9-13-3-1-2-4-15(13)17/h1-10H,11,16H2. The van der Waals surface area contributed by atoms with Crippen molar-refractivity contribution in [2.45, 2.75) is 6.54 Å². The normalized spacial score (nSPS) is 10.9. The van der Waals surface area contributed by atoms with Gasteiger partial charge in [-0.1, -0.05) is 30.3 Å². The van der Waals surface area contributed by atoms with Gasteiger partial charge < -0.3 is 10.3 Å². The second kappa shape index (κ2) is 4.07. The van der Waals surface area contributed by atoms with Crippen LogP contribution in [-0.2, 0) is 6.54 Å². The Bertz CT molecular complexity index is 635. The quantitative estimate of drug-likeness (QED) is 0.709. The van der Waals surface area contributed by atoms with Crippen molar-refractivity contribution in [2.75, 3.05) is 0 Å². The second-order valence-corrected chi connectivity index (χ2v) is 4.12. The number of rotatable bonds is 2. The molecule has 2 heteroatoms. The van der Waals surface area contributed by atoms with Gasteiger partial charge in [0, 0.05) is 18.4 Å². The van der Waals surface area contributed by atoms with Crippen molar-refractivity contribution in [3.63, 3.8) is 0 Å². The summed E-state index contributed by atoms with van der Waals surface area (Å²) in [6.45, 7) is 0.590. The fraction of sp³-hybridized carbons (Fsp3) is 0.0667. The fourth-order valence-electron chi connectivity index (χ4n) is 2.10. The number of hydrogen-bond acceptors (Lipinski definition) is 1. The van der Waals surface area contributed by atoms with Gasteiger partial charge in [-0.3, -0.25) is 0 Å². The first-order chi connectivity index (χ1) is 8.38. The molecule has 1 heterocycles. The smallest absolute Gasteiger partial charge is 0.0528 e. The molecule has 0 aliphatic rings. The van der Waals surface area contributed by atoms with Crippen molar-refractivity contribution >= 4 is 10.9 Å². The van der Waals surface area contributed by atoms with Crippen molar-refractivity contribution in [2.24, 2.45) is 5.73 Å². The SMILES string of the molecule is NCc1ccc(-n2ccc3ccccc32)cc1. The molecule has 0 aliphatic carbocycles. The van der Waals surface area contributed by atoms with Gasteiger partial charge >= 0.3 is 0 Å². The third-order valence-electron chi connectivity index (χ3n) is 3.05. The lowest BCUT2D eigenvalue weighted by Gasteiger charge is -2.06. The van der Waals surface area contributed by atoms with E-state index < -0.39 is 0 Å². The monoisotopic (exact) mass is 222 g/mol. The molecule has 3 aromatic rings. The minimum absolute atomic E-state index is 0.590. The number of nitrogens with zero attached hydrogens (tertiary/aromatic N) is 1. The molecule has 84 valence electrons. The zero-order valence-electron chi connectivity index (χ0n) is 9.51. The molecule has 0 saturated carbocycles. The summed E-state index contributed by atoms with van der Waals surface area (Å²) in [5, 5.41) is 1.26. The van der Waals surface area contributed by atoms with Gasteiger partial charge in [0.05, 0.1) is 5.52 Å².